The van der Waals surface area contributed by atoms with Crippen LogP contribution >= 0.6 is 46.1 Å². The van der Waals surface area contributed by atoms with Gasteiger partial charge in [0.1, 0.15) is 10.0 Å². The first-order chi connectivity index (χ1) is 9.50. The van der Waals surface area contributed by atoms with Crippen LogP contribution in [0.1, 0.15) is 31.2 Å². The average Bonchev–Trinajstić information content (AvgIpc) is 2.90. The Kier molecular flexibility index (Phi) is 3.46. The van der Waals surface area contributed by atoms with Gasteiger partial charge in [-0.05, 0) is 12.1 Å². The maximum Gasteiger partial charge on any atom is 0.268 e. The molecule has 0 saturated carbocycles. The van der Waals surface area contributed by atoms with E-state index in [0.29, 0.717) is 11.1 Å². The van der Waals surface area contributed by atoms with Crippen LogP contribution < -0.4 is 4.90 Å². The molecule has 2 aromatic rings. The number of hydrogen-bond donors (Lipinski definition) is 0. The quantitative estimate of drug-likeness (QED) is 0.608. The first-order valence-electron chi connectivity index (χ1n) is 5.43. The number of alkyl halides is 2. The van der Waals surface area contributed by atoms with E-state index in [1.807, 2.05) is 0 Å². The molecule has 0 bridgehead atoms. The van der Waals surface area contributed by atoms with E-state index in [-0.39, 0.29) is 15.2 Å². The van der Waals surface area contributed by atoms with Crippen LogP contribution in [-0.4, -0.2) is 16.8 Å². The standard InChI is InChI=1S/C12H5Cl3N2O2S/c13-8(14)7-9(15)20-12(16-7)17-10(18)5-3-1-2-4-6(5)11(17)19/h1-4,8H. The van der Waals surface area contributed by atoms with E-state index in [9.17, 15) is 9.59 Å². The van der Waals surface area contributed by atoms with Gasteiger partial charge in [0.15, 0.2) is 4.84 Å². The van der Waals surface area contributed by atoms with E-state index in [4.69, 9.17) is 34.8 Å². The summed E-state index contributed by atoms with van der Waals surface area (Å²) >= 11 is 18.4. The number of fused-ring (bicyclic) bond motifs is 1. The molecule has 0 N–H and O–H groups in total. The highest BCUT2D eigenvalue weighted by molar-refractivity contribution is 7.20. The Balaban J connectivity index is 2.07. The minimum atomic E-state index is -0.914. The van der Waals surface area contributed by atoms with Crippen molar-refractivity contribution in [2.75, 3.05) is 4.90 Å². The molecule has 0 spiro atoms. The number of carbonyl (C=O) groups excluding carboxylic acids is 2. The van der Waals surface area contributed by atoms with E-state index in [2.05, 4.69) is 4.98 Å². The molecule has 1 aromatic heterocycles. The summed E-state index contributed by atoms with van der Waals surface area (Å²) in [6.07, 6.45) is 0. The lowest BCUT2D eigenvalue weighted by Crippen LogP contribution is -2.29. The first-order valence-corrected chi connectivity index (χ1v) is 7.49. The van der Waals surface area contributed by atoms with E-state index in [1.54, 1.807) is 24.3 Å². The highest BCUT2D eigenvalue weighted by Gasteiger charge is 2.38. The smallest absolute Gasteiger partial charge is 0.268 e. The summed E-state index contributed by atoms with van der Waals surface area (Å²) in [5.41, 5.74) is 0.934. The van der Waals surface area contributed by atoms with Gasteiger partial charge >= 0.3 is 0 Å². The van der Waals surface area contributed by atoms with E-state index in [0.717, 1.165) is 16.2 Å². The lowest BCUT2D eigenvalue weighted by molar-refractivity contribution is 0.0926. The van der Waals surface area contributed by atoms with Crippen molar-refractivity contribution >= 4 is 63.1 Å². The summed E-state index contributed by atoms with van der Waals surface area (Å²) < 4.78 is 0.256. The predicted octanol–water partition coefficient (Wildman–Crippen LogP) is 4.07. The minimum Gasteiger partial charge on any atom is -0.268 e. The summed E-state index contributed by atoms with van der Waals surface area (Å²) in [6.45, 7) is 0. The maximum absolute atomic E-state index is 12.3. The number of anilines is 1. The fourth-order valence-corrected chi connectivity index (χ4v) is 3.64. The molecule has 0 unspecified atom stereocenters. The SMILES string of the molecule is O=C1c2ccccc2C(=O)N1c1nc(C(Cl)Cl)c(Cl)s1. The van der Waals surface area contributed by atoms with Gasteiger partial charge in [-0.1, -0.05) is 58.3 Å². The normalized spacial score (nSPS) is 14.3. The van der Waals surface area contributed by atoms with Gasteiger partial charge in [-0.25, -0.2) is 9.88 Å². The van der Waals surface area contributed by atoms with Gasteiger partial charge in [0.05, 0.1) is 11.1 Å². The molecule has 1 aromatic carbocycles. The second-order valence-corrected chi connectivity index (χ2v) is 6.62. The summed E-state index contributed by atoms with van der Waals surface area (Å²) in [5, 5.41) is 0.169. The Morgan fingerprint density at radius 2 is 1.65 bits per heavy atom. The van der Waals surface area contributed by atoms with Crippen LogP contribution in [0.4, 0.5) is 5.13 Å². The van der Waals surface area contributed by atoms with Crippen molar-refractivity contribution in [1.29, 1.82) is 0 Å². The van der Waals surface area contributed by atoms with Gasteiger partial charge in [-0.3, -0.25) is 9.59 Å². The van der Waals surface area contributed by atoms with Crippen molar-refractivity contribution in [3.05, 3.63) is 45.4 Å². The van der Waals surface area contributed by atoms with Crippen LogP contribution in [0.2, 0.25) is 4.34 Å². The van der Waals surface area contributed by atoms with Gasteiger partial charge < -0.3 is 0 Å². The number of rotatable bonds is 2. The van der Waals surface area contributed by atoms with Gasteiger partial charge in [0.25, 0.3) is 11.8 Å². The van der Waals surface area contributed by atoms with Crippen LogP contribution in [-0.2, 0) is 0 Å². The number of amides is 2. The van der Waals surface area contributed by atoms with Crippen molar-refractivity contribution in [3.63, 3.8) is 0 Å². The predicted molar refractivity (Wildman–Crippen MR) is 79.2 cm³/mol. The zero-order valence-electron chi connectivity index (χ0n) is 9.64. The summed E-state index contributed by atoms with van der Waals surface area (Å²) in [4.78, 5) is 28.7. The summed E-state index contributed by atoms with van der Waals surface area (Å²) in [5.74, 6) is -0.855. The third kappa shape index (κ3) is 2.02. The zero-order valence-corrected chi connectivity index (χ0v) is 12.7. The number of thiazole rings is 1. The highest BCUT2D eigenvalue weighted by atomic mass is 35.5. The molecular weight excluding hydrogens is 343 g/mol. The van der Waals surface area contributed by atoms with Crippen molar-refractivity contribution in [3.8, 4) is 0 Å². The largest absolute Gasteiger partial charge is 0.268 e. The molecule has 2 amide bonds. The van der Waals surface area contributed by atoms with Gasteiger partial charge in [0.2, 0.25) is 5.13 Å². The molecule has 8 heteroatoms. The fraction of sp³-hybridized carbons (Fsp3) is 0.0833. The van der Waals surface area contributed by atoms with E-state index < -0.39 is 16.7 Å². The molecule has 1 aliphatic rings. The number of nitrogens with zero attached hydrogens (tertiary/aromatic N) is 2. The number of aromatic nitrogens is 1. The number of hydrogen-bond acceptors (Lipinski definition) is 4. The zero-order chi connectivity index (χ0) is 14.4. The monoisotopic (exact) mass is 346 g/mol. The molecule has 1 aliphatic heterocycles. The molecular formula is C12H5Cl3N2O2S. The van der Waals surface area contributed by atoms with E-state index >= 15 is 0 Å². The number of imide groups is 1. The van der Waals surface area contributed by atoms with Gasteiger partial charge in [-0.2, -0.15) is 0 Å². The minimum absolute atomic E-state index is 0.169. The third-order valence-electron chi connectivity index (χ3n) is 2.79. The topological polar surface area (TPSA) is 50.3 Å². The Morgan fingerprint density at radius 1 is 1.10 bits per heavy atom. The van der Waals surface area contributed by atoms with Crippen LogP contribution in [0.25, 0.3) is 0 Å². The molecule has 102 valence electrons. The molecule has 3 rings (SSSR count). The first kappa shape index (κ1) is 13.8. The molecule has 2 heterocycles. The van der Waals surface area contributed by atoms with E-state index in [1.165, 1.54) is 0 Å². The Morgan fingerprint density at radius 3 is 2.10 bits per heavy atom. The molecule has 20 heavy (non-hydrogen) atoms. The molecule has 0 aliphatic carbocycles. The second kappa shape index (κ2) is 5.00. The molecule has 4 nitrogen and oxygen atoms in total. The number of halogens is 3. The Labute approximate surface area is 132 Å². The second-order valence-electron chi connectivity index (χ2n) is 3.95. The number of carbonyl (C=O) groups is 2. The van der Waals surface area contributed by atoms with Crippen LogP contribution in [0.5, 0.6) is 0 Å². The summed E-state index contributed by atoms with van der Waals surface area (Å²) in [6, 6.07) is 6.58. The fourth-order valence-electron chi connectivity index (χ4n) is 1.90. The number of benzene rings is 1. The highest BCUT2D eigenvalue weighted by Crippen LogP contribution is 2.40. The van der Waals surface area contributed by atoms with Crippen molar-refractivity contribution in [2.45, 2.75) is 4.84 Å². The van der Waals surface area contributed by atoms with Crippen molar-refractivity contribution < 1.29 is 9.59 Å². The average molecular weight is 348 g/mol. The van der Waals surface area contributed by atoms with Crippen molar-refractivity contribution in [1.82, 2.24) is 4.98 Å². The van der Waals surface area contributed by atoms with Gasteiger partial charge in [0, 0.05) is 0 Å². The molecule has 0 fully saturated rings. The van der Waals surface area contributed by atoms with Crippen molar-refractivity contribution in [2.24, 2.45) is 0 Å². The molecule has 0 radical (unpaired) electrons. The summed E-state index contributed by atoms with van der Waals surface area (Å²) in [7, 11) is 0. The maximum atomic E-state index is 12.3. The lowest BCUT2D eigenvalue weighted by Gasteiger charge is -2.08. The van der Waals surface area contributed by atoms with Crippen LogP contribution in [0.3, 0.4) is 0 Å². The molecule has 0 saturated heterocycles. The lowest BCUT2D eigenvalue weighted by atomic mass is 10.1. The molecule has 0 atom stereocenters. The van der Waals surface area contributed by atoms with Crippen LogP contribution in [0, 0.1) is 0 Å². The third-order valence-corrected chi connectivity index (χ3v) is 4.47. The van der Waals surface area contributed by atoms with Crippen LogP contribution in [0.15, 0.2) is 24.3 Å². The Bertz CT molecular complexity index is 694. The van der Waals surface area contributed by atoms with Gasteiger partial charge in [-0.15, -0.1) is 0 Å². The Hall–Kier alpha value is -1.14.